The van der Waals surface area contributed by atoms with Crippen molar-refractivity contribution < 1.29 is 8.42 Å². The molecule has 0 fully saturated rings. The van der Waals surface area contributed by atoms with Crippen molar-refractivity contribution in [2.45, 2.75) is 17.9 Å². The van der Waals surface area contributed by atoms with Gasteiger partial charge >= 0.3 is 0 Å². The highest BCUT2D eigenvalue weighted by Crippen LogP contribution is 2.16. The molecule has 3 nitrogen and oxygen atoms in total. The largest absolute Gasteiger partial charge is 0.240 e. The summed E-state index contributed by atoms with van der Waals surface area (Å²) in [5.74, 6) is 0. The van der Waals surface area contributed by atoms with Crippen molar-refractivity contribution in [1.29, 1.82) is 0 Å². The second-order valence-electron chi connectivity index (χ2n) is 3.13. The molecular formula is C9H11Br2NO2S. The molecule has 0 spiro atoms. The fourth-order valence-electron chi connectivity index (χ4n) is 0.999. The fourth-order valence-corrected chi connectivity index (χ4v) is 3.21. The second kappa shape index (κ2) is 5.43. The Morgan fingerprint density at radius 1 is 1.47 bits per heavy atom. The van der Waals surface area contributed by atoms with E-state index in [-0.39, 0.29) is 10.9 Å². The van der Waals surface area contributed by atoms with Gasteiger partial charge in [-0.15, -0.1) is 0 Å². The van der Waals surface area contributed by atoms with E-state index in [9.17, 15) is 8.42 Å². The van der Waals surface area contributed by atoms with Gasteiger partial charge in [-0.3, -0.25) is 0 Å². The van der Waals surface area contributed by atoms with Crippen molar-refractivity contribution in [1.82, 2.24) is 4.72 Å². The quantitative estimate of drug-likeness (QED) is 0.842. The van der Waals surface area contributed by atoms with Gasteiger partial charge in [0, 0.05) is 15.8 Å². The third-order valence-electron chi connectivity index (χ3n) is 1.69. The second-order valence-corrected chi connectivity index (χ2v) is 6.41. The number of hydrogen-bond donors (Lipinski definition) is 1. The summed E-state index contributed by atoms with van der Waals surface area (Å²) in [5, 5.41) is 0.584. The van der Waals surface area contributed by atoms with Crippen LogP contribution in [-0.4, -0.2) is 19.8 Å². The van der Waals surface area contributed by atoms with Gasteiger partial charge in [-0.2, -0.15) is 0 Å². The Balaban J connectivity index is 2.96. The summed E-state index contributed by atoms with van der Waals surface area (Å²) in [4.78, 5) is 0.268. The van der Waals surface area contributed by atoms with Crippen molar-refractivity contribution in [2.24, 2.45) is 0 Å². The molecule has 0 bridgehead atoms. The van der Waals surface area contributed by atoms with Crippen LogP contribution in [0.4, 0.5) is 0 Å². The van der Waals surface area contributed by atoms with Gasteiger partial charge in [-0.25, -0.2) is 13.1 Å². The highest BCUT2D eigenvalue weighted by molar-refractivity contribution is 9.10. The Bertz CT molecular complexity index is 433. The first-order valence-electron chi connectivity index (χ1n) is 4.29. The van der Waals surface area contributed by atoms with Gasteiger partial charge in [-0.05, 0) is 25.1 Å². The molecule has 0 aliphatic carbocycles. The fraction of sp³-hybridized carbons (Fsp3) is 0.333. The summed E-state index contributed by atoms with van der Waals surface area (Å²) in [6, 6.07) is 6.48. The predicted molar refractivity (Wildman–Crippen MR) is 67.7 cm³/mol. The van der Waals surface area contributed by atoms with Crippen molar-refractivity contribution in [3.8, 4) is 0 Å². The van der Waals surface area contributed by atoms with Crippen LogP contribution in [0.25, 0.3) is 0 Å². The monoisotopic (exact) mass is 355 g/mol. The van der Waals surface area contributed by atoms with E-state index in [0.29, 0.717) is 5.33 Å². The molecule has 0 aromatic heterocycles. The third-order valence-corrected chi connectivity index (χ3v) is 4.75. The molecule has 0 aliphatic rings. The van der Waals surface area contributed by atoms with Crippen molar-refractivity contribution in [3.63, 3.8) is 0 Å². The molecule has 1 atom stereocenters. The van der Waals surface area contributed by atoms with Gasteiger partial charge in [0.2, 0.25) is 10.0 Å². The molecule has 0 heterocycles. The zero-order valence-electron chi connectivity index (χ0n) is 8.07. The number of alkyl halides is 1. The van der Waals surface area contributed by atoms with E-state index < -0.39 is 10.0 Å². The summed E-state index contributed by atoms with van der Waals surface area (Å²) in [5.41, 5.74) is 0. The first-order valence-corrected chi connectivity index (χ1v) is 7.69. The average molecular weight is 357 g/mol. The average Bonchev–Trinajstić information content (AvgIpc) is 2.17. The molecule has 6 heteroatoms. The minimum Gasteiger partial charge on any atom is -0.208 e. The van der Waals surface area contributed by atoms with Gasteiger partial charge in [0.1, 0.15) is 0 Å². The Morgan fingerprint density at radius 3 is 2.67 bits per heavy atom. The maximum Gasteiger partial charge on any atom is 0.240 e. The molecule has 0 radical (unpaired) electrons. The zero-order valence-corrected chi connectivity index (χ0v) is 12.1. The van der Waals surface area contributed by atoms with E-state index >= 15 is 0 Å². The summed E-state index contributed by atoms with van der Waals surface area (Å²) in [6.07, 6.45) is 0. The normalized spacial score (nSPS) is 13.8. The third kappa shape index (κ3) is 3.86. The number of halogens is 2. The van der Waals surface area contributed by atoms with Crippen LogP contribution in [0, 0.1) is 0 Å². The van der Waals surface area contributed by atoms with Gasteiger partial charge in [0.25, 0.3) is 0 Å². The lowest BCUT2D eigenvalue weighted by molar-refractivity contribution is 0.571. The minimum absolute atomic E-state index is 0.131. The predicted octanol–water partition coefficient (Wildman–Crippen LogP) is 2.51. The van der Waals surface area contributed by atoms with Gasteiger partial charge < -0.3 is 0 Å². The topological polar surface area (TPSA) is 46.2 Å². The van der Waals surface area contributed by atoms with Crippen LogP contribution in [0.1, 0.15) is 6.92 Å². The highest BCUT2D eigenvalue weighted by Gasteiger charge is 2.16. The standard InChI is InChI=1S/C9H11Br2NO2S/c1-7(6-10)12-15(13,14)9-4-2-3-8(11)5-9/h2-5,7,12H,6H2,1H3. The van der Waals surface area contributed by atoms with Crippen molar-refractivity contribution in [2.75, 3.05) is 5.33 Å². The van der Waals surface area contributed by atoms with E-state index in [0.717, 1.165) is 4.47 Å². The van der Waals surface area contributed by atoms with E-state index in [1.807, 2.05) is 0 Å². The van der Waals surface area contributed by atoms with E-state index in [2.05, 4.69) is 36.6 Å². The SMILES string of the molecule is CC(CBr)NS(=O)(=O)c1cccc(Br)c1. The molecule has 15 heavy (non-hydrogen) atoms. The van der Waals surface area contributed by atoms with E-state index in [1.54, 1.807) is 31.2 Å². The molecule has 0 amide bonds. The Morgan fingerprint density at radius 2 is 2.13 bits per heavy atom. The zero-order chi connectivity index (χ0) is 11.5. The summed E-state index contributed by atoms with van der Waals surface area (Å²) >= 11 is 6.45. The van der Waals surface area contributed by atoms with Crippen LogP contribution in [0.2, 0.25) is 0 Å². The molecule has 1 rings (SSSR count). The lowest BCUT2D eigenvalue weighted by Gasteiger charge is -2.11. The number of nitrogens with one attached hydrogen (secondary N) is 1. The summed E-state index contributed by atoms with van der Waals surface area (Å²) < 4.78 is 26.9. The molecule has 0 saturated carbocycles. The van der Waals surface area contributed by atoms with Crippen molar-refractivity contribution in [3.05, 3.63) is 28.7 Å². The molecule has 0 saturated heterocycles. The molecular weight excluding hydrogens is 346 g/mol. The maximum absolute atomic E-state index is 11.8. The summed E-state index contributed by atoms with van der Waals surface area (Å²) in [7, 11) is -3.40. The smallest absolute Gasteiger partial charge is 0.208 e. The maximum atomic E-state index is 11.8. The lowest BCUT2D eigenvalue weighted by Crippen LogP contribution is -2.33. The van der Waals surface area contributed by atoms with Crippen LogP contribution in [0.5, 0.6) is 0 Å². The van der Waals surface area contributed by atoms with Gasteiger partial charge in [0.05, 0.1) is 4.90 Å². The first kappa shape index (κ1) is 13.2. The van der Waals surface area contributed by atoms with Crippen LogP contribution < -0.4 is 4.72 Å². The number of sulfonamides is 1. The van der Waals surface area contributed by atoms with E-state index in [1.165, 1.54) is 0 Å². The van der Waals surface area contributed by atoms with Crippen LogP contribution >= 0.6 is 31.9 Å². The van der Waals surface area contributed by atoms with Crippen LogP contribution in [-0.2, 0) is 10.0 Å². The molecule has 0 aliphatic heterocycles. The lowest BCUT2D eigenvalue weighted by atomic mass is 10.4. The summed E-state index contributed by atoms with van der Waals surface area (Å²) in [6.45, 7) is 1.80. The van der Waals surface area contributed by atoms with Gasteiger partial charge in [0.15, 0.2) is 0 Å². The molecule has 84 valence electrons. The number of rotatable bonds is 4. The Hall–Kier alpha value is 0.0900. The van der Waals surface area contributed by atoms with Crippen LogP contribution in [0.3, 0.4) is 0 Å². The molecule has 1 aromatic rings. The first-order chi connectivity index (χ1) is 6.95. The molecule has 1 unspecified atom stereocenters. The van der Waals surface area contributed by atoms with Crippen molar-refractivity contribution >= 4 is 41.9 Å². The Kier molecular flexibility index (Phi) is 4.76. The Labute approximate surface area is 107 Å². The molecule has 1 N–H and O–H groups in total. The molecule has 1 aromatic carbocycles. The van der Waals surface area contributed by atoms with E-state index in [4.69, 9.17) is 0 Å². The number of benzene rings is 1. The highest BCUT2D eigenvalue weighted by atomic mass is 79.9. The minimum atomic E-state index is -3.40. The van der Waals surface area contributed by atoms with Crippen LogP contribution in [0.15, 0.2) is 33.6 Å². The number of hydrogen-bond acceptors (Lipinski definition) is 2. The van der Waals surface area contributed by atoms with Gasteiger partial charge in [-0.1, -0.05) is 37.9 Å².